The van der Waals surface area contributed by atoms with Gasteiger partial charge in [-0.3, -0.25) is 0 Å². The topological polar surface area (TPSA) is 77.8 Å². The molecular formula is C12H27N3O3Si. The highest BCUT2D eigenvalue weighted by Gasteiger charge is 2.60. The minimum atomic E-state index is -2.31. The van der Waals surface area contributed by atoms with Crippen LogP contribution in [-0.4, -0.2) is 59.8 Å². The predicted molar refractivity (Wildman–Crippen MR) is 75.9 cm³/mol. The largest absolute Gasteiger partial charge is 0.502 e. The summed E-state index contributed by atoms with van der Waals surface area (Å²) < 4.78 is 17.8. The zero-order chi connectivity index (χ0) is 13.7. The number of fused-ring (bicyclic) bond motifs is 2. The van der Waals surface area contributed by atoms with E-state index in [1.165, 1.54) is 0 Å². The van der Waals surface area contributed by atoms with E-state index in [1.807, 2.05) is 0 Å². The number of rotatable bonds is 9. The maximum absolute atomic E-state index is 5.98. The van der Waals surface area contributed by atoms with E-state index in [2.05, 4.69) is 24.5 Å². The van der Waals surface area contributed by atoms with E-state index in [0.717, 1.165) is 38.6 Å². The first-order chi connectivity index (χ1) is 9.17. The third kappa shape index (κ3) is 3.97. The smallest absolute Gasteiger partial charge is 0.368 e. The van der Waals surface area contributed by atoms with Crippen LogP contribution in [0.25, 0.3) is 0 Å². The van der Waals surface area contributed by atoms with Gasteiger partial charge in [0.1, 0.15) is 0 Å². The summed E-state index contributed by atoms with van der Waals surface area (Å²) in [6.45, 7) is 8.64. The van der Waals surface area contributed by atoms with Crippen molar-refractivity contribution < 1.29 is 13.3 Å². The van der Waals surface area contributed by atoms with Gasteiger partial charge in [-0.15, -0.1) is 0 Å². The van der Waals surface area contributed by atoms with E-state index in [9.17, 15) is 0 Å². The molecule has 0 aromatic carbocycles. The van der Waals surface area contributed by atoms with E-state index in [1.54, 1.807) is 0 Å². The van der Waals surface area contributed by atoms with Crippen molar-refractivity contribution in [1.29, 1.82) is 0 Å². The number of hydrogen-bond donors (Lipinski definition) is 3. The molecule has 0 radical (unpaired) electrons. The summed E-state index contributed by atoms with van der Waals surface area (Å²) in [6.07, 6.45) is 1.59. The summed E-state index contributed by atoms with van der Waals surface area (Å²) in [5.41, 5.74) is 5.40. The molecule has 2 atom stereocenters. The van der Waals surface area contributed by atoms with Gasteiger partial charge in [-0.25, -0.2) is 0 Å². The average Bonchev–Trinajstić information content (AvgIpc) is 2.86. The summed E-state index contributed by atoms with van der Waals surface area (Å²) in [4.78, 5) is 0. The maximum atomic E-state index is 5.98. The summed E-state index contributed by atoms with van der Waals surface area (Å²) in [5.74, 6) is 0. The Morgan fingerprint density at radius 1 is 0.947 bits per heavy atom. The van der Waals surface area contributed by atoms with Gasteiger partial charge in [0.05, 0.1) is 18.3 Å². The number of nitrogens with one attached hydrogen (secondary N) is 2. The van der Waals surface area contributed by atoms with Crippen LogP contribution in [0.3, 0.4) is 0 Å². The van der Waals surface area contributed by atoms with Gasteiger partial charge in [-0.05, 0) is 26.8 Å². The fraction of sp³-hybridized carbons (Fsp3) is 1.00. The Balaban J connectivity index is 1.54. The molecule has 2 heterocycles. The fourth-order valence-corrected chi connectivity index (χ4v) is 6.03. The van der Waals surface area contributed by atoms with Crippen molar-refractivity contribution in [2.75, 3.05) is 32.7 Å². The standard InChI is InChI=1S/C12H27N3O3Si/c1-10-12-11(2)17-19(16-10,18-12)9-3-5-14-7-8-15-6-4-13/h10-12,14-15H,3-9,13H2,1-2H3. The Bertz CT molecular complexity index is 271. The van der Waals surface area contributed by atoms with E-state index in [-0.39, 0.29) is 18.3 Å². The highest BCUT2D eigenvalue weighted by Crippen LogP contribution is 2.40. The number of hydrogen-bond acceptors (Lipinski definition) is 6. The summed E-state index contributed by atoms with van der Waals surface area (Å²) in [6, 6.07) is 0.918. The third-order valence-electron chi connectivity index (χ3n) is 3.61. The van der Waals surface area contributed by atoms with Crippen LogP contribution in [0, 0.1) is 0 Å². The van der Waals surface area contributed by atoms with Crippen LogP contribution in [0.4, 0.5) is 0 Å². The van der Waals surface area contributed by atoms with Crippen LogP contribution in [0.1, 0.15) is 20.3 Å². The van der Waals surface area contributed by atoms with E-state index in [0.29, 0.717) is 6.54 Å². The van der Waals surface area contributed by atoms with Gasteiger partial charge in [0.2, 0.25) is 0 Å². The monoisotopic (exact) mass is 289 g/mol. The van der Waals surface area contributed by atoms with Crippen LogP contribution >= 0.6 is 0 Å². The molecule has 2 aliphatic heterocycles. The Kier molecular flexibility index (Phi) is 5.76. The Morgan fingerprint density at radius 2 is 1.58 bits per heavy atom. The summed E-state index contributed by atoms with van der Waals surface area (Å²) in [7, 11) is -2.31. The minimum absolute atomic E-state index is 0.153. The predicted octanol–water partition coefficient (Wildman–Crippen LogP) is -0.324. The molecule has 7 heteroatoms. The van der Waals surface area contributed by atoms with Crippen molar-refractivity contribution in [3.63, 3.8) is 0 Å². The first kappa shape index (κ1) is 15.4. The third-order valence-corrected chi connectivity index (χ3v) is 6.67. The molecule has 2 bridgehead atoms. The molecule has 2 saturated heterocycles. The molecule has 19 heavy (non-hydrogen) atoms. The quantitative estimate of drug-likeness (QED) is 0.399. The lowest BCUT2D eigenvalue weighted by Crippen LogP contribution is -2.44. The summed E-state index contributed by atoms with van der Waals surface area (Å²) in [5, 5.41) is 6.65. The molecular weight excluding hydrogens is 262 g/mol. The molecule has 2 aliphatic rings. The molecule has 0 saturated carbocycles. The lowest BCUT2D eigenvalue weighted by Gasteiger charge is -2.26. The maximum Gasteiger partial charge on any atom is 0.502 e. The minimum Gasteiger partial charge on any atom is -0.368 e. The average molecular weight is 289 g/mol. The van der Waals surface area contributed by atoms with Crippen molar-refractivity contribution in [2.24, 2.45) is 5.73 Å². The number of nitrogens with two attached hydrogens (primary N) is 1. The van der Waals surface area contributed by atoms with Gasteiger partial charge in [0, 0.05) is 32.2 Å². The second-order valence-corrected chi connectivity index (χ2v) is 7.88. The van der Waals surface area contributed by atoms with Crippen molar-refractivity contribution in [3.8, 4) is 0 Å². The highest BCUT2D eigenvalue weighted by atomic mass is 28.4. The molecule has 0 aliphatic carbocycles. The molecule has 0 spiro atoms. The Labute approximate surface area is 116 Å². The van der Waals surface area contributed by atoms with Crippen LogP contribution in [-0.2, 0) is 13.3 Å². The van der Waals surface area contributed by atoms with E-state index < -0.39 is 8.80 Å². The van der Waals surface area contributed by atoms with Crippen molar-refractivity contribution in [1.82, 2.24) is 10.6 Å². The van der Waals surface area contributed by atoms with Gasteiger partial charge in [-0.2, -0.15) is 0 Å². The van der Waals surface area contributed by atoms with Gasteiger partial charge in [0.25, 0.3) is 0 Å². The molecule has 0 aromatic rings. The van der Waals surface area contributed by atoms with Gasteiger partial charge in [-0.1, -0.05) is 0 Å². The first-order valence-corrected chi connectivity index (χ1v) is 9.25. The molecule has 0 aromatic heterocycles. The highest BCUT2D eigenvalue weighted by molar-refractivity contribution is 6.62. The lowest BCUT2D eigenvalue weighted by atomic mass is 10.1. The molecule has 4 N–H and O–H groups in total. The van der Waals surface area contributed by atoms with E-state index in [4.69, 9.17) is 19.0 Å². The second-order valence-electron chi connectivity index (χ2n) is 5.30. The first-order valence-electron chi connectivity index (χ1n) is 7.32. The Hall–Kier alpha value is -0.0231. The fourth-order valence-electron chi connectivity index (χ4n) is 2.70. The molecule has 2 fully saturated rings. The lowest BCUT2D eigenvalue weighted by molar-refractivity contribution is 0.0405. The second kappa shape index (κ2) is 7.12. The van der Waals surface area contributed by atoms with Crippen LogP contribution in [0.2, 0.25) is 6.04 Å². The van der Waals surface area contributed by atoms with Gasteiger partial charge >= 0.3 is 8.80 Å². The van der Waals surface area contributed by atoms with Crippen LogP contribution in [0.5, 0.6) is 0 Å². The molecule has 6 nitrogen and oxygen atoms in total. The zero-order valence-corrected chi connectivity index (χ0v) is 13.0. The van der Waals surface area contributed by atoms with E-state index >= 15 is 0 Å². The molecule has 112 valence electrons. The van der Waals surface area contributed by atoms with Crippen LogP contribution in [0.15, 0.2) is 0 Å². The Morgan fingerprint density at radius 3 is 2.16 bits per heavy atom. The SMILES string of the molecule is CC1O[Si]2(CCCNCCNCCN)OC(C)C1O2. The van der Waals surface area contributed by atoms with Gasteiger partial charge < -0.3 is 29.6 Å². The van der Waals surface area contributed by atoms with Crippen LogP contribution < -0.4 is 16.4 Å². The molecule has 2 rings (SSSR count). The van der Waals surface area contributed by atoms with Gasteiger partial charge in [0.15, 0.2) is 0 Å². The van der Waals surface area contributed by atoms with Crippen molar-refractivity contribution in [3.05, 3.63) is 0 Å². The van der Waals surface area contributed by atoms with Crippen molar-refractivity contribution >= 4 is 8.80 Å². The zero-order valence-electron chi connectivity index (χ0n) is 12.0. The molecule has 0 amide bonds. The normalized spacial score (nSPS) is 37.1. The van der Waals surface area contributed by atoms with Crippen molar-refractivity contribution in [2.45, 2.75) is 44.6 Å². The molecule has 2 unspecified atom stereocenters. The summed E-state index contributed by atoms with van der Waals surface area (Å²) >= 11 is 0.